The van der Waals surface area contributed by atoms with E-state index < -0.39 is 6.09 Å². The first-order valence-electron chi connectivity index (χ1n) is 4.71. The molecule has 0 atom stereocenters. The van der Waals surface area contributed by atoms with Gasteiger partial charge in [0.15, 0.2) is 0 Å². The van der Waals surface area contributed by atoms with Crippen molar-refractivity contribution in [2.45, 2.75) is 13.0 Å². The van der Waals surface area contributed by atoms with Gasteiger partial charge in [-0.05, 0) is 6.92 Å². The first kappa shape index (κ1) is 9.85. The van der Waals surface area contributed by atoms with Gasteiger partial charge in [0, 0.05) is 24.8 Å². The number of hydrogen-bond acceptors (Lipinski definition) is 5. The van der Waals surface area contributed by atoms with Crippen LogP contribution >= 0.6 is 0 Å². The smallest absolute Gasteiger partial charge is 0.391 e. The highest BCUT2D eigenvalue weighted by Crippen LogP contribution is 2.10. The van der Waals surface area contributed by atoms with Gasteiger partial charge < -0.3 is 15.4 Å². The van der Waals surface area contributed by atoms with Crippen LogP contribution in [0.2, 0.25) is 0 Å². The van der Waals surface area contributed by atoms with E-state index in [0.29, 0.717) is 5.88 Å². The minimum absolute atomic E-state index is 0.166. The van der Waals surface area contributed by atoms with E-state index in [9.17, 15) is 4.79 Å². The number of ether oxygens (including phenoxy) is 1. The van der Waals surface area contributed by atoms with Gasteiger partial charge in [-0.25, -0.2) is 14.8 Å². The zero-order chi connectivity index (χ0) is 10.7. The predicted molar refractivity (Wildman–Crippen MR) is 52.6 cm³/mol. The van der Waals surface area contributed by atoms with Crippen LogP contribution in [0.1, 0.15) is 5.56 Å². The van der Waals surface area contributed by atoms with Gasteiger partial charge in [0.2, 0.25) is 5.88 Å². The fourth-order valence-corrected chi connectivity index (χ4v) is 1.17. The van der Waals surface area contributed by atoms with E-state index >= 15 is 0 Å². The van der Waals surface area contributed by atoms with Crippen molar-refractivity contribution in [3.63, 3.8) is 0 Å². The van der Waals surface area contributed by atoms with Crippen molar-refractivity contribution in [2.75, 3.05) is 13.1 Å². The molecule has 6 heteroatoms. The zero-order valence-corrected chi connectivity index (χ0v) is 8.36. The normalized spacial score (nSPS) is 15.5. The number of hydrogen-bond donors (Lipinski definition) is 2. The number of nitrogens with one attached hydrogen (secondary N) is 2. The van der Waals surface area contributed by atoms with Crippen LogP contribution < -0.4 is 15.4 Å². The van der Waals surface area contributed by atoms with Crippen LogP contribution in [0.5, 0.6) is 5.88 Å². The lowest BCUT2D eigenvalue weighted by Gasteiger charge is -2.27. The first-order chi connectivity index (χ1) is 7.25. The summed E-state index contributed by atoms with van der Waals surface area (Å²) < 4.78 is 5.02. The average molecular weight is 208 g/mol. The van der Waals surface area contributed by atoms with Gasteiger partial charge in [0.25, 0.3) is 0 Å². The topological polar surface area (TPSA) is 76.1 Å². The number of amides is 1. The third kappa shape index (κ3) is 2.41. The average Bonchev–Trinajstić information content (AvgIpc) is 2.16. The molecule has 1 aliphatic rings. The van der Waals surface area contributed by atoms with Crippen LogP contribution in [-0.4, -0.2) is 35.2 Å². The summed E-state index contributed by atoms with van der Waals surface area (Å²) in [7, 11) is 0. The minimum Gasteiger partial charge on any atom is -0.391 e. The molecule has 6 nitrogen and oxygen atoms in total. The van der Waals surface area contributed by atoms with Crippen LogP contribution in [-0.2, 0) is 0 Å². The van der Waals surface area contributed by atoms with E-state index in [1.165, 1.54) is 6.33 Å². The molecule has 1 aromatic heterocycles. The molecule has 1 aliphatic heterocycles. The van der Waals surface area contributed by atoms with Crippen molar-refractivity contribution in [3.8, 4) is 5.88 Å². The van der Waals surface area contributed by atoms with Crippen molar-refractivity contribution in [3.05, 3.63) is 18.1 Å². The summed E-state index contributed by atoms with van der Waals surface area (Å²) in [4.78, 5) is 19.0. The summed E-state index contributed by atoms with van der Waals surface area (Å²) in [6, 6.07) is 0.166. The highest BCUT2D eigenvalue weighted by Gasteiger charge is 2.20. The number of rotatable bonds is 2. The Morgan fingerprint density at radius 1 is 1.67 bits per heavy atom. The molecule has 15 heavy (non-hydrogen) atoms. The fraction of sp³-hybridized carbons (Fsp3) is 0.444. The van der Waals surface area contributed by atoms with E-state index in [1.54, 1.807) is 13.1 Å². The fourth-order valence-electron chi connectivity index (χ4n) is 1.17. The van der Waals surface area contributed by atoms with Crippen molar-refractivity contribution >= 4 is 6.09 Å². The number of carbonyl (C=O) groups is 1. The molecule has 1 saturated heterocycles. The molecule has 1 fully saturated rings. The molecule has 0 saturated carbocycles. The third-order valence-electron chi connectivity index (χ3n) is 2.14. The van der Waals surface area contributed by atoms with Crippen molar-refractivity contribution < 1.29 is 9.53 Å². The van der Waals surface area contributed by atoms with Gasteiger partial charge in [0.1, 0.15) is 6.33 Å². The van der Waals surface area contributed by atoms with E-state index in [0.717, 1.165) is 18.7 Å². The van der Waals surface area contributed by atoms with Gasteiger partial charge in [-0.3, -0.25) is 0 Å². The molecule has 2 rings (SSSR count). The summed E-state index contributed by atoms with van der Waals surface area (Å²) in [6.45, 7) is 3.36. The van der Waals surface area contributed by atoms with Gasteiger partial charge >= 0.3 is 6.09 Å². The minimum atomic E-state index is -0.469. The lowest BCUT2D eigenvalue weighted by Crippen LogP contribution is -2.57. The Hall–Kier alpha value is -1.69. The number of aromatic nitrogens is 2. The molecule has 0 spiro atoms. The molecule has 1 amide bonds. The van der Waals surface area contributed by atoms with Gasteiger partial charge in [-0.1, -0.05) is 0 Å². The molecule has 2 N–H and O–H groups in total. The van der Waals surface area contributed by atoms with Crippen molar-refractivity contribution in [1.82, 2.24) is 20.6 Å². The zero-order valence-electron chi connectivity index (χ0n) is 8.36. The molecule has 0 aliphatic carbocycles. The van der Waals surface area contributed by atoms with Gasteiger partial charge in [-0.15, -0.1) is 0 Å². The van der Waals surface area contributed by atoms with E-state index in [1.807, 2.05) is 0 Å². The first-order valence-corrected chi connectivity index (χ1v) is 4.71. The Balaban J connectivity index is 1.90. The summed E-state index contributed by atoms with van der Waals surface area (Å²) in [5.41, 5.74) is 0.736. The molecule has 0 radical (unpaired) electrons. The van der Waals surface area contributed by atoms with Crippen LogP contribution in [0.25, 0.3) is 0 Å². The Morgan fingerprint density at radius 3 is 3.07 bits per heavy atom. The van der Waals surface area contributed by atoms with E-state index in [2.05, 4.69) is 20.6 Å². The molecular weight excluding hydrogens is 196 g/mol. The number of aryl methyl sites for hydroxylation is 1. The molecule has 1 aromatic rings. The van der Waals surface area contributed by atoms with E-state index in [-0.39, 0.29) is 6.04 Å². The summed E-state index contributed by atoms with van der Waals surface area (Å²) in [5, 5.41) is 5.75. The summed E-state index contributed by atoms with van der Waals surface area (Å²) in [6.07, 6.45) is 2.48. The maximum atomic E-state index is 11.3. The molecular formula is C9H12N4O2. The van der Waals surface area contributed by atoms with Crippen LogP contribution in [0.3, 0.4) is 0 Å². The Bertz CT molecular complexity index is 365. The Kier molecular flexibility index (Phi) is 2.77. The van der Waals surface area contributed by atoms with Crippen molar-refractivity contribution in [1.29, 1.82) is 0 Å². The molecule has 0 unspecified atom stereocenters. The monoisotopic (exact) mass is 208 g/mol. The second kappa shape index (κ2) is 4.22. The Morgan fingerprint density at radius 2 is 2.47 bits per heavy atom. The Labute approximate surface area is 87.1 Å². The quantitative estimate of drug-likeness (QED) is 0.706. The summed E-state index contributed by atoms with van der Waals surface area (Å²) >= 11 is 0. The van der Waals surface area contributed by atoms with Gasteiger partial charge in [-0.2, -0.15) is 0 Å². The second-order valence-corrected chi connectivity index (χ2v) is 3.40. The summed E-state index contributed by atoms with van der Waals surface area (Å²) in [5.74, 6) is 0.301. The van der Waals surface area contributed by atoms with Crippen LogP contribution in [0.4, 0.5) is 4.79 Å². The highest BCUT2D eigenvalue weighted by molar-refractivity contribution is 5.70. The molecule has 0 bridgehead atoms. The molecule has 0 aromatic carbocycles. The highest BCUT2D eigenvalue weighted by atomic mass is 16.6. The molecule has 80 valence electrons. The maximum Gasteiger partial charge on any atom is 0.414 e. The largest absolute Gasteiger partial charge is 0.414 e. The maximum absolute atomic E-state index is 11.3. The van der Waals surface area contributed by atoms with E-state index in [4.69, 9.17) is 4.74 Å². The lowest BCUT2D eigenvalue weighted by molar-refractivity contribution is 0.188. The molecule has 2 heterocycles. The lowest BCUT2D eigenvalue weighted by atomic mass is 10.2. The standard InChI is InChI=1S/C9H12N4O2/c1-6-2-11-5-12-8(6)15-9(14)13-7-3-10-4-7/h2,5,7,10H,3-4H2,1H3,(H,13,14). The van der Waals surface area contributed by atoms with Crippen LogP contribution in [0, 0.1) is 6.92 Å². The van der Waals surface area contributed by atoms with Gasteiger partial charge in [0.05, 0.1) is 6.04 Å². The third-order valence-corrected chi connectivity index (χ3v) is 2.14. The second-order valence-electron chi connectivity index (χ2n) is 3.40. The number of nitrogens with zero attached hydrogens (tertiary/aromatic N) is 2. The predicted octanol–water partition coefficient (Wildman–Crippen LogP) is -0.155. The number of carbonyl (C=O) groups excluding carboxylic acids is 1. The van der Waals surface area contributed by atoms with Crippen molar-refractivity contribution in [2.24, 2.45) is 0 Å². The van der Waals surface area contributed by atoms with Crippen LogP contribution in [0.15, 0.2) is 12.5 Å². The SMILES string of the molecule is Cc1cncnc1OC(=O)NC1CNC1.